The summed E-state index contributed by atoms with van der Waals surface area (Å²) in [5.41, 5.74) is 0.758. The van der Waals surface area contributed by atoms with Crippen molar-refractivity contribution in [3.63, 3.8) is 0 Å². The molecule has 0 heterocycles. The van der Waals surface area contributed by atoms with Crippen molar-refractivity contribution in [2.24, 2.45) is 5.92 Å². The Morgan fingerprint density at radius 3 is 2.38 bits per heavy atom. The standard InChI is InChI=1S/C16H22FNO3/c1-12(2)11-18(9-8-16(20)21-3)15(19)10-13-4-6-14(17)7-5-13/h4-7,12H,8-11H2,1-3H3. The van der Waals surface area contributed by atoms with Crippen molar-refractivity contribution in [1.29, 1.82) is 0 Å². The highest BCUT2D eigenvalue weighted by Crippen LogP contribution is 2.08. The van der Waals surface area contributed by atoms with Crippen molar-refractivity contribution in [2.75, 3.05) is 20.2 Å². The average molecular weight is 295 g/mol. The summed E-state index contributed by atoms with van der Waals surface area (Å²) in [6.45, 7) is 4.94. The van der Waals surface area contributed by atoms with Crippen LogP contribution in [-0.4, -0.2) is 37.0 Å². The molecule has 1 aromatic rings. The third kappa shape index (κ3) is 6.38. The first-order valence-electron chi connectivity index (χ1n) is 7.01. The zero-order valence-electron chi connectivity index (χ0n) is 12.8. The number of methoxy groups -OCH3 is 1. The third-order valence-electron chi connectivity index (χ3n) is 3.02. The van der Waals surface area contributed by atoms with Crippen molar-refractivity contribution in [2.45, 2.75) is 26.7 Å². The van der Waals surface area contributed by atoms with E-state index in [-0.39, 0.29) is 30.5 Å². The molecule has 1 aromatic carbocycles. The van der Waals surface area contributed by atoms with Crippen molar-refractivity contribution in [3.05, 3.63) is 35.6 Å². The molecule has 0 aliphatic carbocycles. The van der Waals surface area contributed by atoms with E-state index in [9.17, 15) is 14.0 Å². The minimum Gasteiger partial charge on any atom is -0.469 e. The molecule has 0 saturated carbocycles. The van der Waals surface area contributed by atoms with Gasteiger partial charge >= 0.3 is 5.97 Å². The minimum atomic E-state index is -0.335. The van der Waals surface area contributed by atoms with Gasteiger partial charge in [-0.1, -0.05) is 26.0 Å². The molecule has 116 valence electrons. The van der Waals surface area contributed by atoms with Crippen LogP contribution in [0.1, 0.15) is 25.8 Å². The summed E-state index contributed by atoms with van der Waals surface area (Å²) >= 11 is 0. The molecule has 0 aliphatic rings. The summed E-state index contributed by atoms with van der Waals surface area (Å²) in [5.74, 6) is -0.423. The molecule has 1 rings (SSSR count). The molecule has 0 saturated heterocycles. The van der Waals surface area contributed by atoms with Crippen molar-refractivity contribution < 1.29 is 18.7 Å². The predicted molar refractivity (Wildman–Crippen MR) is 78.2 cm³/mol. The maximum atomic E-state index is 12.9. The van der Waals surface area contributed by atoms with Crippen LogP contribution < -0.4 is 0 Å². The number of nitrogens with zero attached hydrogens (tertiary/aromatic N) is 1. The monoisotopic (exact) mass is 295 g/mol. The molecule has 4 nitrogen and oxygen atoms in total. The molecular weight excluding hydrogens is 273 g/mol. The molecule has 0 radical (unpaired) electrons. The lowest BCUT2D eigenvalue weighted by Gasteiger charge is -2.24. The summed E-state index contributed by atoms with van der Waals surface area (Å²) in [7, 11) is 1.33. The van der Waals surface area contributed by atoms with E-state index in [0.29, 0.717) is 19.0 Å². The Hall–Kier alpha value is -1.91. The normalized spacial score (nSPS) is 10.5. The first-order valence-corrected chi connectivity index (χ1v) is 7.01. The van der Waals surface area contributed by atoms with E-state index in [1.54, 1.807) is 17.0 Å². The van der Waals surface area contributed by atoms with Crippen LogP contribution in [0, 0.1) is 11.7 Å². The highest BCUT2D eigenvalue weighted by molar-refractivity contribution is 5.79. The van der Waals surface area contributed by atoms with Gasteiger partial charge in [-0.05, 0) is 23.6 Å². The molecule has 0 spiro atoms. The first-order chi connectivity index (χ1) is 9.92. The van der Waals surface area contributed by atoms with Crippen LogP contribution in [0.25, 0.3) is 0 Å². The largest absolute Gasteiger partial charge is 0.469 e. The highest BCUT2D eigenvalue weighted by Gasteiger charge is 2.17. The van der Waals surface area contributed by atoms with Gasteiger partial charge in [-0.2, -0.15) is 0 Å². The Balaban J connectivity index is 2.65. The van der Waals surface area contributed by atoms with Crippen LogP contribution in [-0.2, 0) is 20.7 Å². The number of hydrogen-bond acceptors (Lipinski definition) is 3. The van der Waals surface area contributed by atoms with Gasteiger partial charge in [-0.25, -0.2) is 4.39 Å². The first kappa shape index (κ1) is 17.1. The quantitative estimate of drug-likeness (QED) is 0.726. The van der Waals surface area contributed by atoms with E-state index in [1.165, 1.54) is 19.2 Å². The van der Waals surface area contributed by atoms with Crippen LogP contribution in [0.2, 0.25) is 0 Å². The molecule has 0 aliphatic heterocycles. The van der Waals surface area contributed by atoms with Crippen LogP contribution >= 0.6 is 0 Å². The summed E-state index contributed by atoms with van der Waals surface area (Å²) in [6.07, 6.45) is 0.381. The topological polar surface area (TPSA) is 46.6 Å². The Labute approximate surface area is 124 Å². The lowest BCUT2D eigenvalue weighted by atomic mass is 10.1. The molecule has 0 unspecified atom stereocenters. The van der Waals surface area contributed by atoms with Gasteiger partial charge in [0.15, 0.2) is 0 Å². The SMILES string of the molecule is COC(=O)CCN(CC(C)C)C(=O)Cc1ccc(F)cc1. The van der Waals surface area contributed by atoms with Gasteiger partial charge in [0.2, 0.25) is 5.91 Å². The number of rotatable bonds is 7. The average Bonchev–Trinajstić information content (AvgIpc) is 2.45. The van der Waals surface area contributed by atoms with Gasteiger partial charge in [0.25, 0.3) is 0 Å². The Bertz CT molecular complexity index is 471. The third-order valence-corrected chi connectivity index (χ3v) is 3.02. The van der Waals surface area contributed by atoms with Gasteiger partial charge in [0.1, 0.15) is 5.82 Å². The van der Waals surface area contributed by atoms with E-state index in [1.807, 2.05) is 13.8 Å². The summed E-state index contributed by atoms with van der Waals surface area (Å²) in [6, 6.07) is 5.87. The molecular formula is C16H22FNO3. The molecule has 21 heavy (non-hydrogen) atoms. The molecule has 0 N–H and O–H groups in total. The molecule has 0 aromatic heterocycles. The second-order valence-electron chi connectivity index (χ2n) is 5.36. The van der Waals surface area contributed by atoms with Crippen LogP contribution in [0.5, 0.6) is 0 Å². The predicted octanol–water partition coefficient (Wildman–Crippen LogP) is 2.42. The van der Waals surface area contributed by atoms with Gasteiger partial charge in [-0.15, -0.1) is 0 Å². The van der Waals surface area contributed by atoms with E-state index in [0.717, 1.165) is 5.56 Å². The van der Waals surface area contributed by atoms with Crippen molar-refractivity contribution in [1.82, 2.24) is 4.90 Å². The smallest absolute Gasteiger partial charge is 0.307 e. The minimum absolute atomic E-state index is 0.0702. The number of ether oxygens (including phenoxy) is 1. The van der Waals surface area contributed by atoms with Crippen molar-refractivity contribution >= 4 is 11.9 Å². The molecule has 0 bridgehead atoms. The van der Waals surface area contributed by atoms with E-state index < -0.39 is 0 Å². The maximum Gasteiger partial charge on any atom is 0.307 e. The highest BCUT2D eigenvalue weighted by atomic mass is 19.1. The number of carbonyl (C=O) groups is 2. The van der Waals surface area contributed by atoms with E-state index >= 15 is 0 Å². The fourth-order valence-electron chi connectivity index (χ4n) is 1.98. The van der Waals surface area contributed by atoms with E-state index in [2.05, 4.69) is 4.74 Å². The van der Waals surface area contributed by atoms with Crippen LogP contribution in [0.4, 0.5) is 4.39 Å². The fourth-order valence-corrected chi connectivity index (χ4v) is 1.98. The second kappa shape index (κ2) is 8.39. The summed E-state index contributed by atoms with van der Waals surface area (Å²) in [4.78, 5) is 25.2. The zero-order chi connectivity index (χ0) is 15.8. The second-order valence-corrected chi connectivity index (χ2v) is 5.36. The van der Waals surface area contributed by atoms with Gasteiger partial charge < -0.3 is 9.64 Å². The molecule has 5 heteroatoms. The van der Waals surface area contributed by atoms with Crippen LogP contribution in [0.15, 0.2) is 24.3 Å². The number of esters is 1. The van der Waals surface area contributed by atoms with Gasteiger partial charge in [0.05, 0.1) is 20.0 Å². The zero-order valence-corrected chi connectivity index (χ0v) is 12.8. The van der Waals surface area contributed by atoms with Crippen molar-refractivity contribution in [3.8, 4) is 0 Å². The number of amides is 1. The van der Waals surface area contributed by atoms with E-state index in [4.69, 9.17) is 0 Å². The van der Waals surface area contributed by atoms with Crippen LogP contribution in [0.3, 0.4) is 0 Å². The summed E-state index contributed by atoms with van der Waals surface area (Å²) in [5, 5.41) is 0. The number of benzene rings is 1. The maximum absolute atomic E-state index is 12.9. The van der Waals surface area contributed by atoms with Gasteiger partial charge in [-0.3, -0.25) is 9.59 Å². The Kier molecular flexibility index (Phi) is 6.85. The molecule has 1 amide bonds. The Morgan fingerprint density at radius 2 is 1.86 bits per heavy atom. The lowest BCUT2D eigenvalue weighted by Crippen LogP contribution is -2.37. The number of halogens is 1. The fraction of sp³-hybridized carbons (Fsp3) is 0.500. The Morgan fingerprint density at radius 1 is 1.24 bits per heavy atom. The number of hydrogen-bond donors (Lipinski definition) is 0. The number of carbonyl (C=O) groups excluding carboxylic acids is 2. The van der Waals surface area contributed by atoms with Gasteiger partial charge in [0, 0.05) is 13.1 Å². The lowest BCUT2D eigenvalue weighted by molar-refractivity contribution is -0.141. The summed E-state index contributed by atoms with van der Waals surface area (Å²) < 4.78 is 17.5. The molecule has 0 atom stereocenters. The molecule has 0 fully saturated rings.